The lowest BCUT2D eigenvalue weighted by Crippen LogP contribution is -2.48. The molecule has 0 aromatic carbocycles. The Morgan fingerprint density at radius 1 is 1.33 bits per heavy atom. The molecule has 8 heteroatoms. The standard InChI is InChI=1S/C4H3F4NO3/c5-3(6,1-9-12)4(7,8)2(10)11/h1,12H,(H,10,11). The molecule has 0 fully saturated rings. The van der Waals surface area contributed by atoms with E-state index in [9.17, 15) is 22.4 Å². The average Bonchev–Trinajstić information content (AvgIpc) is 1.86. The zero-order valence-corrected chi connectivity index (χ0v) is 5.34. The molecular formula is C4H3F4NO3. The Morgan fingerprint density at radius 3 is 2.00 bits per heavy atom. The minimum absolute atomic E-state index is 0.846. The summed E-state index contributed by atoms with van der Waals surface area (Å²) in [5.41, 5.74) is 0. The maximum atomic E-state index is 12.0. The molecule has 0 heterocycles. The summed E-state index contributed by atoms with van der Waals surface area (Å²) in [5.74, 6) is -13.3. The molecule has 0 spiro atoms. The third-order valence-corrected chi connectivity index (χ3v) is 0.907. The maximum Gasteiger partial charge on any atom is 0.409 e. The third kappa shape index (κ3) is 1.63. The van der Waals surface area contributed by atoms with E-state index >= 15 is 0 Å². The lowest BCUT2D eigenvalue weighted by Gasteiger charge is -2.17. The summed E-state index contributed by atoms with van der Waals surface area (Å²) in [6, 6.07) is 0. The van der Waals surface area contributed by atoms with Gasteiger partial charge in [0.25, 0.3) is 0 Å². The van der Waals surface area contributed by atoms with Gasteiger partial charge in [0, 0.05) is 0 Å². The van der Waals surface area contributed by atoms with Crippen molar-refractivity contribution in [2.45, 2.75) is 11.8 Å². The number of hydrogen-bond donors (Lipinski definition) is 2. The van der Waals surface area contributed by atoms with E-state index in [0.717, 1.165) is 0 Å². The van der Waals surface area contributed by atoms with Crippen LogP contribution in [0.25, 0.3) is 0 Å². The zero-order valence-electron chi connectivity index (χ0n) is 5.34. The van der Waals surface area contributed by atoms with Crippen LogP contribution >= 0.6 is 0 Å². The van der Waals surface area contributed by atoms with Gasteiger partial charge in [0.1, 0.15) is 6.21 Å². The highest BCUT2D eigenvalue weighted by Crippen LogP contribution is 2.32. The Balaban J connectivity index is 4.87. The molecule has 0 rings (SSSR count). The molecule has 0 aromatic heterocycles. The van der Waals surface area contributed by atoms with Crippen molar-refractivity contribution in [3.8, 4) is 0 Å². The number of rotatable bonds is 3. The summed E-state index contributed by atoms with van der Waals surface area (Å²) in [7, 11) is 0. The van der Waals surface area contributed by atoms with Gasteiger partial charge < -0.3 is 10.3 Å². The fourth-order valence-electron chi connectivity index (χ4n) is 0.296. The molecule has 0 amide bonds. The molecule has 0 radical (unpaired) electrons. The molecule has 0 saturated carbocycles. The molecule has 0 saturated heterocycles. The molecule has 0 aliphatic carbocycles. The molecule has 0 bridgehead atoms. The number of oxime groups is 1. The number of carboxylic acid groups (broad SMARTS) is 1. The number of aliphatic carboxylic acids is 1. The lowest BCUT2D eigenvalue weighted by atomic mass is 10.2. The van der Waals surface area contributed by atoms with Crippen LogP contribution in [0.15, 0.2) is 5.16 Å². The van der Waals surface area contributed by atoms with E-state index in [4.69, 9.17) is 10.3 Å². The molecular weight excluding hydrogens is 186 g/mol. The zero-order chi connectivity index (χ0) is 9.99. The lowest BCUT2D eigenvalue weighted by molar-refractivity contribution is -0.200. The van der Waals surface area contributed by atoms with Gasteiger partial charge in [0.15, 0.2) is 0 Å². The fraction of sp³-hybridized carbons (Fsp3) is 0.500. The fourth-order valence-corrected chi connectivity index (χ4v) is 0.296. The second-order valence-electron chi connectivity index (χ2n) is 1.75. The van der Waals surface area contributed by atoms with E-state index in [2.05, 4.69) is 0 Å². The molecule has 4 nitrogen and oxygen atoms in total. The second-order valence-corrected chi connectivity index (χ2v) is 1.75. The van der Waals surface area contributed by atoms with Crippen LogP contribution in [-0.2, 0) is 4.79 Å². The number of halogens is 4. The van der Waals surface area contributed by atoms with Gasteiger partial charge >= 0.3 is 17.8 Å². The number of nitrogens with zero attached hydrogens (tertiary/aromatic N) is 1. The van der Waals surface area contributed by atoms with E-state index < -0.39 is 24.0 Å². The van der Waals surface area contributed by atoms with Gasteiger partial charge in [-0.2, -0.15) is 17.6 Å². The highest BCUT2D eigenvalue weighted by Gasteiger charge is 2.62. The molecule has 0 aromatic rings. The first-order valence-corrected chi connectivity index (χ1v) is 2.43. The van der Waals surface area contributed by atoms with Crippen LogP contribution in [0, 0.1) is 0 Å². The predicted octanol–water partition coefficient (Wildman–Crippen LogP) is 0.802. The van der Waals surface area contributed by atoms with Gasteiger partial charge in [-0.25, -0.2) is 4.79 Å². The van der Waals surface area contributed by atoms with Crippen LogP contribution in [-0.4, -0.2) is 34.3 Å². The first-order valence-electron chi connectivity index (χ1n) is 2.43. The van der Waals surface area contributed by atoms with Crippen molar-refractivity contribution >= 4 is 12.2 Å². The molecule has 0 unspecified atom stereocenters. The molecule has 12 heavy (non-hydrogen) atoms. The number of carboxylic acids is 1. The van der Waals surface area contributed by atoms with E-state index in [-0.39, 0.29) is 0 Å². The molecule has 0 aliphatic rings. The van der Waals surface area contributed by atoms with Gasteiger partial charge in [0.05, 0.1) is 0 Å². The van der Waals surface area contributed by atoms with Crippen molar-refractivity contribution in [2.75, 3.05) is 0 Å². The van der Waals surface area contributed by atoms with E-state index in [0.29, 0.717) is 0 Å². The largest absolute Gasteiger partial charge is 0.477 e. The van der Waals surface area contributed by atoms with Crippen molar-refractivity contribution in [2.24, 2.45) is 5.16 Å². The maximum absolute atomic E-state index is 12.0. The molecule has 2 N–H and O–H groups in total. The average molecular weight is 189 g/mol. The van der Waals surface area contributed by atoms with Crippen LogP contribution in [0.3, 0.4) is 0 Å². The highest BCUT2D eigenvalue weighted by atomic mass is 19.3. The Kier molecular flexibility index (Phi) is 2.62. The number of alkyl halides is 4. The monoisotopic (exact) mass is 189 g/mol. The topological polar surface area (TPSA) is 69.9 Å². The van der Waals surface area contributed by atoms with Crippen molar-refractivity contribution in [1.82, 2.24) is 0 Å². The smallest absolute Gasteiger partial charge is 0.409 e. The summed E-state index contributed by atoms with van der Waals surface area (Å²) < 4.78 is 47.9. The van der Waals surface area contributed by atoms with Gasteiger partial charge in [-0.15, -0.1) is 0 Å². The van der Waals surface area contributed by atoms with Crippen LogP contribution in [0.4, 0.5) is 17.6 Å². The Morgan fingerprint density at radius 2 is 1.75 bits per heavy atom. The van der Waals surface area contributed by atoms with E-state index in [1.807, 2.05) is 0 Å². The Bertz CT molecular complexity index is 214. The molecule has 70 valence electrons. The van der Waals surface area contributed by atoms with E-state index in [1.165, 1.54) is 0 Å². The summed E-state index contributed by atoms with van der Waals surface area (Å²) in [5, 5.41) is 16.8. The van der Waals surface area contributed by atoms with Crippen molar-refractivity contribution in [3.63, 3.8) is 0 Å². The van der Waals surface area contributed by atoms with Gasteiger partial charge in [-0.05, 0) is 0 Å². The number of hydrogen-bond acceptors (Lipinski definition) is 3. The Labute approximate surface area is 63.1 Å². The van der Waals surface area contributed by atoms with Crippen LogP contribution in [0.5, 0.6) is 0 Å². The van der Waals surface area contributed by atoms with E-state index in [1.54, 1.807) is 5.16 Å². The summed E-state index contributed by atoms with van der Waals surface area (Å²) >= 11 is 0. The molecule has 0 atom stereocenters. The Hall–Kier alpha value is -1.34. The van der Waals surface area contributed by atoms with Gasteiger partial charge in [-0.3, -0.25) is 0 Å². The third-order valence-electron chi connectivity index (χ3n) is 0.907. The van der Waals surface area contributed by atoms with Crippen molar-refractivity contribution in [3.05, 3.63) is 0 Å². The number of carbonyl (C=O) groups is 1. The molecule has 0 aliphatic heterocycles. The minimum Gasteiger partial charge on any atom is -0.477 e. The summed E-state index contributed by atoms with van der Waals surface area (Å²) in [6.07, 6.45) is -0.846. The first kappa shape index (κ1) is 10.7. The first-order chi connectivity index (χ1) is 5.25. The normalized spacial score (nSPS) is 13.7. The quantitative estimate of drug-likeness (QED) is 0.298. The van der Waals surface area contributed by atoms with Crippen molar-refractivity contribution in [1.29, 1.82) is 0 Å². The summed E-state index contributed by atoms with van der Waals surface area (Å²) in [6.45, 7) is 0. The van der Waals surface area contributed by atoms with Crippen LogP contribution in [0.1, 0.15) is 0 Å². The van der Waals surface area contributed by atoms with Crippen molar-refractivity contribution < 1.29 is 32.7 Å². The highest BCUT2D eigenvalue weighted by molar-refractivity contribution is 5.84. The van der Waals surface area contributed by atoms with Crippen LogP contribution in [0.2, 0.25) is 0 Å². The van der Waals surface area contributed by atoms with Gasteiger partial charge in [0.2, 0.25) is 0 Å². The predicted molar refractivity (Wildman–Crippen MR) is 27.8 cm³/mol. The SMILES string of the molecule is O=C(O)C(F)(F)C(F)(F)C=NO. The van der Waals surface area contributed by atoms with Gasteiger partial charge in [-0.1, -0.05) is 5.16 Å². The summed E-state index contributed by atoms with van der Waals surface area (Å²) in [4.78, 5) is 9.57. The minimum atomic E-state index is -5.28. The van der Waals surface area contributed by atoms with Crippen LogP contribution < -0.4 is 0 Å². The second kappa shape index (κ2) is 2.95.